The van der Waals surface area contributed by atoms with Crippen LogP contribution in [0.4, 0.5) is 21.9 Å². The van der Waals surface area contributed by atoms with Gasteiger partial charge in [-0.1, -0.05) is 60.7 Å². The molecular weight excluding hydrogens is 496 g/mol. The van der Waals surface area contributed by atoms with Gasteiger partial charge in [-0.25, -0.2) is 4.79 Å². The lowest BCUT2D eigenvalue weighted by Gasteiger charge is -2.27. The van der Waals surface area contributed by atoms with Crippen LogP contribution in [0.5, 0.6) is 0 Å². The first kappa shape index (κ1) is 27.4. The second-order valence-electron chi connectivity index (χ2n) is 10.2. The van der Waals surface area contributed by atoms with E-state index in [2.05, 4.69) is 10.6 Å². The smallest absolute Gasteiger partial charge is 0.408 e. The van der Waals surface area contributed by atoms with Crippen molar-refractivity contribution in [2.45, 2.75) is 44.9 Å². The van der Waals surface area contributed by atoms with Gasteiger partial charge >= 0.3 is 6.09 Å². The maximum absolute atomic E-state index is 13.9. The molecule has 9 nitrogen and oxygen atoms in total. The molecule has 9 heteroatoms. The number of carbonyl (C=O) groups is 4. The third-order valence-electron chi connectivity index (χ3n) is 6.12. The van der Waals surface area contributed by atoms with E-state index in [1.165, 1.54) is 9.80 Å². The predicted octanol–water partition coefficient (Wildman–Crippen LogP) is 3.95. The van der Waals surface area contributed by atoms with E-state index in [-0.39, 0.29) is 6.42 Å². The van der Waals surface area contributed by atoms with Crippen molar-refractivity contribution < 1.29 is 23.9 Å². The molecule has 1 unspecified atom stereocenters. The number of benzene rings is 3. The summed E-state index contributed by atoms with van der Waals surface area (Å²) < 4.78 is 5.36. The number of hydrogen-bond donors (Lipinski definition) is 2. The molecule has 2 atom stereocenters. The number of ether oxygens (including phenoxy) is 1. The summed E-state index contributed by atoms with van der Waals surface area (Å²) in [5.74, 6) is -1.91. The molecule has 0 aliphatic carbocycles. The Hall–Kier alpha value is -4.66. The van der Waals surface area contributed by atoms with Crippen molar-refractivity contribution >= 4 is 40.9 Å². The highest BCUT2D eigenvalue weighted by molar-refractivity contribution is 6.23. The minimum atomic E-state index is -1.53. The Kier molecular flexibility index (Phi) is 7.99. The second-order valence-corrected chi connectivity index (χ2v) is 10.2. The fraction of sp³-hybridized carbons (Fsp3) is 0.267. The molecule has 202 valence electrons. The maximum atomic E-state index is 13.9. The lowest BCUT2D eigenvalue weighted by atomic mass is 10.0. The highest BCUT2D eigenvalue weighted by atomic mass is 16.6. The largest absolute Gasteiger partial charge is 0.444 e. The van der Waals surface area contributed by atoms with Gasteiger partial charge in [0.05, 0.1) is 11.4 Å². The first-order valence-electron chi connectivity index (χ1n) is 12.6. The Morgan fingerprint density at radius 3 is 2.03 bits per heavy atom. The number of anilines is 3. The van der Waals surface area contributed by atoms with Gasteiger partial charge in [-0.3, -0.25) is 19.3 Å². The second kappa shape index (κ2) is 11.4. The zero-order chi connectivity index (χ0) is 28.2. The third-order valence-corrected chi connectivity index (χ3v) is 6.12. The molecule has 3 aromatic carbocycles. The van der Waals surface area contributed by atoms with Crippen LogP contribution in [0, 0.1) is 0 Å². The number of amides is 4. The van der Waals surface area contributed by atoms with Gasteiger partial charge in [-0.15, -0.1) is 0 Å². The fourth-order valence-electron chi connectivity index (χ4n) is 4.32. The minimum Gasteiger partial charge on any atom is -0.444 e. The lowest BCUT2D eigenvalue weighted by molar-refractivity contribution is -0.134. The molecule has 4 amide bonds. The lowest BCUT2D eigenvalue weighted by Crippen LogP contribution is -2.58. The predicted molar refractivity (Wildman–Crippen MR) is 149 cm³/mol. The monoisotopic (exact) mass is 528 g/mol. The van der Waals surface area contributed by atoms with Gasteiger partial charge in [0.2, 0.25) is 5.91 Å². The summed E-state index contributed by atoms with van der Waals surface area (Å²) in [6, 6.07) is 22.4. The van der Waals surface area contributed by atoms with E-state index < -0.39 is 41.5 Å². The Balaban J connectivity index is 1.67. The third kappa shape index (κ3) is 6.43. The number of para-hydroxylation sites is 3. The minimum absolute atomic E-state index is 0.124. The van der Waals surface area contributed by atoms with E-state index in [0.717, 1.165) is 5.56 Å². The topological polar surface area (TPSA) is 108 Å². The fourth-order valence-corrected chi connectivity index (χ4v) is 4.32. The number of rotatable bonds is 6. The zero-order valence-electron chi connectivity index (χ0n) is 22.4. The molecular formula is C30H32N4O5. The molecule has 0 fully saturated rings. The number of nitrogens with one attached hydrogen (secondary N) is 2. The van der Waals surface area contributed by atoms with Crippen LogP contribution in [-0.2, 0) is 25.5 Å². The van der Waals surface area contributed by atoms with Gasteiger partial charge in [0.15, 0.2) is 6.04 Å². The molecule has 39 heavy (non-hydrogen) atoms. The van der Waals surface area contributed by atoms with E-state index in [4.69, 9.17) is 4.74 Å². The number of likely N-dealkylation sites (N-methyl/N-ethyl adjacent to an activating group) is 1. The zero-order valence-corrected chi connectivity index (χ0v) is 22.4. The first-order valence-corrected chi connectivity index (χ1v) is 12.6. The molecule has 3 aromatic rings. The number of hydrogen-bond acceptors (Lipinski definition) is 5. The molecule has 0 saturated heterocycles. The van der Waals surface area contributed by atoms with Gasteiger partial charge in [-0.05, 0) is 50.6 Å². The Bertz CT molecular complexity index is 1350. The summed E-state index contributed by atoms with van der Waals surface area (Å²) in [7, 11) is 1.56. The van der Waals surface area contributed by atoms with Crippen LogP contribution in [0.1, 0.15) is 26.3 Å². The molecule has 0 aromatic heterocycles. The van der Waals surface area contributed by atoms with Crippen molar-refractivity contribution in [3.05, 3.63) is 90.5 Å². The van der Waals surface area contributed by atoms with E-state index in [0.29, 0.717) is 17.1 Å². The van der Waals surface area contributed by atoms with Crippen LogP contribution in [0.15, 0.2) is 84.9 Å². The average Bonchev–Trinajstić information content (AvgIpc) is 2.97. The van der Waals surface area contributed by atoms with E-state index >= 15 is 0 Å². The molecule has 0 radical (unpaired) electrons. The SMILES string of the molecule is CN1C(=O)C(NC(=O)[C@H](Cc2ccccc2)NC(=O)OC(C)(C)C)C(=O)N(c2ccccc2)c2ccccc21. The standard InChI is InChI=1S/C30H32N4O5/c1-30(2,3)39-29(38)31-22(19-20-13-7-5-8-14-20)26(35)32-25-27(36)33(4)23-17-11-12-18-24(23)34(28(25)37)21-15-9-6-10-16-21/h5-18,22,25H,19H2,1-4H3,(H,31,38)(H,32,35)/t22-,25?/m0/s1. The quantitative estimate of drug-likeness (QED) is 0.471. The number of carbonyl (C=O) groups excluding carboxylic acids is 4. The van der Waals surface area contributed by atoms with Gasteiger partial charge in [-0.2, -0.15) is 0 Å². The van der Waals surface area contributed by atoms with Crippen molar-refractivity contribution in [3.8, 4) is 0 Å². The average molecular weight is 529 g/mol. The van der Waals surface area contributed by atoms with Gasteiger partial charge in [0, 0.05) is 19.2 Å². The van der Waals surface area contributed by atoms with Crippen molar-refractivity contribution in [1.82, 2.24) is 10.6 Å². The summed E-state index contributed by atoms with van der Waals surface area (Å²) in [6.07, 6.45) is -0.660. The molecule has 0 saturated carbocycles. The normalized spacial score (nSPS) is 16.2. The highest BCUT2D eigenvalue weighted by Crippen LogP contribution is 2.37. The summed E-state index contributed by atoms with van der Waals surface area (Å²) in [5, 5.41) is 5.23. The molecule has 2 N–H and O–H groups in total. The van der Waals surface area contributed by atoms with Crippen molar-refractivity contribution in [2.75, 3.05) is 16.8 Å². The van der Waals surface area contributed by atoms with Gasteiger partial charge in [0.1, 0.15) is 11.6 Å². The van der Waals surface area contributed by atoms with Crippen LogP contribution in [0.25, 0.3) is 0 Å². The van der Waals surface area contributed by atoms with Crippen LogP contribution in [0.3, 0.4) is 0 Å². The van der Waals surface area contributed by atoms with E-state index in [1.807, 2.05) is 36.4 Å². The van der Waals surface area contributed by atoms with Crippen LogP contribution < -0.4 is 20.4 Å². The Morgan fingerprint density at radius 1 is 0.846 bits per heavy atom. The summed E-state index contributed by atoms with van der Waals surface area (Å²) in [6.45, 7) is 5.15. The maximum Gasteiger partial charge on any atom is 0.408 e. The summed E-state index contributed by atoms with van der Waals surface area (Å²) in [4.78, 5) is 56.5. The number of fused-ring (bicyclic) bond motifs is 1. The Labute approximate surface area is 227 Å². The van der Waals surface area contributed by atoms with Crippen molar-refractivity contribution in [1.29, 1.82) is 0 Å². The van der Waals surface area contributed by atoms with Crippen LogP contribution in [-0.4, -0.2) is 48.5 Å². The van der Waals surface area contributed by atoms with Crippen LogP contribution in [0.2, 0.25) is 0 Å². The summed E-state index contributed by atoms with van der Waals surface area (Å²) in [5.41, 5.74) is 1.57. The van der Waals surface area contributed by atoms with Crippen molar-refractivity contribution in [2.24, 2.45) is 0 Å². The summed E-state index contributed by atoms with van der Waals surface area (Å²) >= 11 is 0. The first-order chi connectivity index (χ1) is 18.5. The molecule has 0 bridgehead atoms. The number of alkyl carbamates (subject to hydrolysis) is 1. The molecule has 1 heterocycles. The molecule has 1 aliphatic rings. The molecule has 0 spiro atoms. The van der Waals surface area contributed by atoms with Gasteiger partial charge in [0.25, 0.3) is 11.8 Å². The number of nitrogens with zero attached hydrogens (tertiary/aromatic N) is 2. The Morgan fingerprint density at radius 2 is 1.41 bits per heavy atom. The van der Waals surface area contributed by atoms with Gasteiger partial charge < -0.3 is 20.3 Å². The van der Waals surface area contributed by atoms with E-state index in [1.54, 1.807) is 76.3 Å². The van der Waals surface area contributed by atoms with Crippen molar-refractivity contribution in [3.63, 3.8) is 0 Å². The molecule has 1 aliphatic heterocycles. The van der Waals surface area contributed by atoms with E-state index in [9.17, 15) is 19.2 Å². The van der Waals surface area contributed by atoms with Crippen LogP contribution >= 0.6 is 0 Å². The molecule has 4 rings (SSSR count). The highest BCUT2D eigenvalue weighted by Gasteiger charge is 2.41.